The van der Waals surface area contributed by atoms with Crippen molar-refractivity contribution in [3.8, 4) is 0 Å². The lowest BCUT2D eigenvalue weighted by atomic mass is 10.1. The second-order valence-electron chi connectivity index (χ2n) is 5.20. The smallest absolute Gasteiger partial charge is 0.221 e. The van der Waals surface area contributed by atoms with E-state index >= 15 is 0 Å². The number of carbonyl (C=O) groups excluding carboxylic acids is 1. The lowest BCUT2D eigenvalue weighted by Crippen LogP contribution is -2.44. The minimum Gasteiger partial charge on any atom is -0.378 e. The summed E-state index contributed by atoms with van der Waals surface area (Å²) in [6, 6.07) is 8.75. The van der Waals surface area contributed by atoms with Crippen LogP contribution in [0.1, 0.15) is 24.5 Å². The predicted molar refractivity (Wildman–Crippen MR) is 87.0 cm³/mol. The number of rotatable bonds is 6. The Balaban J connectivity index is 0.00000220. The van der Waals surface area contributed by atoms with E-state index in [0.717, 1.165) is 26.0 Å². The van der Waals surface area contributed by atoms with Gasteiger partial charge in [-0.3, -0.25) is 4.79 Å². The number of aryl methyl sites for hydroxylation is 1. The first-order valence-corrected chi connectivity index (χ1v) is 7.43. The average molecular weight is 313 g/mol. The molecule has 2 rings (SSSR count). The van der Waals surface area contributed by atoms with Crippen LogP contribution in [0.3, 0.4) is 0 Å². The SMILES string of the molecule is CCc1ccc(CCNC(=O)CC2COCCN2)cc1.Cl. The lowest BCUT2D eigenvalue weighted by Gasteiger charge is -2.23. The summed E-state index contributed by atoms with van der Waals surface area (Å²) in [6.45, 7) is 5.05. The van der Waals surface area contributed by atoms with Crippen LogP contribution >= 0.6 is 12.4 Å². The third-order valence-corrected chi connectivity index (χ3v) is 3.60. The van der Waals surface area contributed by atoms with Crippen LogP contribution in [0.5, 0.6) is 0 Å². The van der Waals surface area contributed by atoms with Crippen molar-refractivity contribution in [1.29, 1.82) is 0 Å². The van der Waals surface area contributed by atoms with E-state index in [1.807, 2.05) is 0 Å². The van der Waals surface area contributed by atoms with E-state index in [-0.39, 0.29) is 24.4 Å². The van der Waals surface area contributed by atoms with Gasteiger partial charge in [-0.15, -0.1) is 12.4 Å². The van der Waals surface area contributed by atoms with Crippen molar-refractivity contribution in [1.82, 2.24) is 10.6 Å². The van der Waals surface area contributed by atoms with Gasteiger partial charge < -0.3 is 15.4 Å². The molecule has 1 heterocycles. The summed E-state index contributed by atoms with van der Waals surface area (Å²) in [7, 11) is 0. The molecule has 0 saturated carbocycles. The Kier molecular flexibility index (Phi) is 8.35. The molecule has 1 atom stereocenters. The Hall–Kier alpha value is -1.10. The number of hydrogen-bond donors (Lipinski definition) is 2. The van der Waals surface area contributed by atoms with Gasteiger partial charge in [-0.25, -0.2) is 0 Å². The van der Waals surface area contributed by atoms with Gasteiger partial charge in [0.1, 0.15) is 0 Å². The monoisotopic (exact) mass is 312 g/mol. The minimum atomic E-state index is 0. The number of morpholine rings is 1. The van der Waals surface area contributed by atoms with Crippen molar-refractivity contribution in [3.63, 3.8) is 0 Å². The maximum absolute atomic E-state index is 11.8. The van der Waals surface area contributed by atoms with Gasteiger partial charge in [0, 0.05) is 25.6 Å². The van der Waals surface area contributed by atoms with Crippen LogP contribution in [0.25, 0.3) is 0 Å². The summed E-state index contributed by atoms with van der Waals surface area (Å²) in [5.41, 5.74) is 2.61. The lowest BCUT2D eigenvalue weighted by molar-refractivity contribution is -0.122. The summed E-state index contributed by atoms with van der Waals surface area (Å²) >= 11 is 0. The molecule has 21 heavy (non-hydrogen) atoms. The second-order valence-corrected chi connectivity index (χ2v) is 5.20. The topological polar surface area (TPSA) is 50.4 Å². The van der Waals surface area contributed by atoms with Crippen molar-refractivity contribution in [2.24, 2.45) is 0 Å². The number of nitrogens with one attached hydrogen (secondary N) is 2. The molecule has 0 radical (unpaired) electrons. The second kappa shape index (κ2) is 9.77. The van der Waals surface area contributed by atoms with Crippen LogP contribution in [0, 0.1) is 0 Å². The fourth-order valence-corrected chi connectivity index (χ4v) is 2.33. The van der Waals surface area contributed by atoms with Gasteiger partial charge in [-0.05, 0) is 24.0 Å². The first-order valence-electron chi connectivity index (χ1n) is 7.43. The number of carbonyl (C=O) groups is 1. The van der Waals surface area contributed by atoms with Crippen LogP contribution in [0.15, 0.2) is 24.3 Å². The highest BCUT2D eigenvalue weighted by Gasteiger charge is 2.16. The third kappa shape index (κ3) is 6.46. The molecule has 4 nitrogen and oxygen atoms in total. The van der Waals surface area contributed by atoms with E-state index in [1.165, 1.54) is 11.1 Å². The van der Waals surface area contributed by atoms with Crippen molar-refractivity contribution in [2.75, 3.05) is 26.3 Å². The van der Waals surface area contributed by atoms with Crippen LogP contribution in [0.4, 0.5) is 0 Å². The summed E-state index contributed by atoms with van der Waals surface area (Å²) in [5.74, 6) is 0.0955. The Labute approximate surface area is 133 Å². The number of hydrogen-bond acceptors (Lipinski definition) is 3. The van der Waals surface area contributed by atoms with Crippen molar-refractivity contribution >= 4 is 18.3 Å². The van der Waals surface area contributed by atoms with Gasteiger partial charge in [0.05, 0.1) is 13.2 Å². The van der Waals surface area contributed by atoms with E-state index in [1.54, 1.807) is 0 Å². The Bertz CT molecular complexity index is 417. The molecule has 1 saturated heterocycles. The van der Waals surface area contributed by atoms with Gasteiger partial charge >= 0.3 is 0 Å². The molecule has 0 aromatic heterocycles. The molecular formula is C16H25ClN2O2. The first kappa shape index (κ1) is 18.0. The van der Waals surface area contributed by atoms with E-state index in [0.29, 0.717) is 19.6 Å². The summed E-state index contributed by atoms with van der Waals surface area (Å²) in [5, 5.41) is 6.26. The van der Waals surface area contributed by atoms with Gasteiger partial charge in [-0.1, -0.05) is 31.2 Å². The normalized spacial score (nSPS) is 17.9. The van der Waals surface area contributed by atoms with Gasteiger partial charge in [0.25, 0.3) is 0 Å². The third-order valence-electron chi connectivity index (χ3n) is 3.60. The highest BCUT2D eigenvalue weighted by Crippen LogP contribution is 2.05. The zero-order valence-electron chi connectivity index (χ0n) is 12.6. The van der Waals surface area contributed by atoms with Crippen LogP contribution in [-0.2, 0) is 22.4 Å². The molecule has 118 valence electrons. The summed E-state index contributed by atoms with van der Waals surface area (Å²) in [4.78, 5) is 11.8. The van der Waals surface area contributed by atoms with Crippen LogP contribution in [0.2, 0.25) is 0 Å². The fraction of sp³-hybridized carbons (Fsp3) is 0.562. The van der Waals surface area contributed by atoms with Gasteiger partial charge in [0.2, 0.25) is 5.91 Å². The molecule has 1 aromatic carbocycles. The fourth-order valence-electron chi connectivity index (χ4n) is 2.33. The zero-order chi connectivity index (χ0) is 14.2. The maximum Gasteiger partial charge on any atom is 0.221 e. The molecule has 0 spiro atoms. The van der Waals surface area contributed by atoms with Crippen molar-refractivity contribution in [2.45, 2.75) is 32.2 Å². The minimum absolute atomic E-state index is 0. The number of benzene rings is 1. The molecule has 1 aliphatic rings. The van der Waals surface area contributed by atoms with Crippen molar-refractivity contribution in [3.05, 3.63) is 35.4 Å². The van der Waals surface area contributed by atoms with Crippen LogP contribution < -0.4 is 10.6 Å². The van der Waals surface area contributed by atoms with E-state index in [2.05, 4.69) is 41.8 Å². The largest absolute Gasteiger partial charge is 0.378 e. The molecule has 0 bridgehead atoms. The predicted octanol–water partition coefficient (Wildman–Crippen LogP) is 1.71. The van der Waals surface area contributed by atoms with Crippen LogP contribution in [-0.4, -0.2) is 38.3 Å². The molecule has 0 aliphatic carbocycles. The highest BCUT2D eigenvalue weighted by atomic mass is 35.5. The maximum atomic E-state index is 11.8. The summed E-state index contributed by atoms with van der Waals surface area (Å²) in [6.07, 6.45) is 2.44. The number of amides is 1. The Morgan fingerprint density at radius 2 is 2.05 bits per heavy atom. The highest BCUT2D eigenvalue weighted by molar-refractivity contribution is 5.85. The molecule has 1 aliphatic heterocycles. The summed E-state index contributed by atoms with van der Waals surface area (Å²) < 4.78 is 5.34. The van der Waals surface area contributed by atoms with E-state index in [9.17, 15) is 4.79 Å². The quantitative estimate of drug-likeness (QED) is 0.841. The molecule has 1 amide bonds. The standard InChI is InChI=1S/C16H24N2O2.ClH/c1-2-13-3-5-14(6-4-13)7-8-18-16(19)11-15-12-20-10-9-17-15;/h3-6,15,17H,2,7-12H2,1H3,(H,18,19);1H. The van der Waals surface area contributed by atoms with Gasteiger partial charge in [0.15, 0.2) is 0 Å². The molecule has 2 N–H and O–H groups in total. The number of ether oxygens (including phenoxy) is 1. The number of halogens is 1. The molecule has 1 fully saturated rings. The first-order chi connectivity index (χ1) is 9.78. The molecule has 5 heteroatoms. The van der Waals surface area contributed by atoms with E-state index in [4.69, 9.17) is 4.74 Å². The van der Waals surface area contributed by atoms with E-state index < -0.39 is 0 Å². The Morgan fingerprint density at radius 1 is 1.33 bits per heavy atom. The molecule has 1 aromatic rings. The molecular weight excluding hydrogens is 288 g/mol. The zero-order valence-corrected chi connectivity index (χ0v) is 13.4. The average Bonchev–Trinajstić information content (AvgIpc) is 2.49. The van der Waals surface area contributed by atoms with Crippen molar-refractivity contribution < 1.29 is 9.53 Å². The van der Waals surface area contributed by atoms with Gasteiger partial charge in [-0.2, -0.15) is 0 Å². The Morgan fingerprint density at radius 3 is 2.67 bits per heavy atom. The molecule has 1 unspecified atom stereocenters.